The fourth-order valence-electron chi connectivity index (χ4n) is 3.13. The predicted molar refractivity (Wildman–Crippen MR) is 107 cm³/mol. The van der Waals surface area contributed by atoms with Gasteiger partial charge in [0.2, 0.25) is 0 Å². The first kappa shape index (κ1) is 20.6. The van der Waals surface area contributed by atoms with Gasteiger partial charge in [0.1, 0.15) is 11.4 Å². The van der Waals surface area contributed by atoms with E-state index in [1.54, 1.807) is 17.0 Å². The molecule has 1 amide bonds. The van der Waals surface area contributed by atoms with Crippen LogP contribution in [0.1, 0.15) is 26.3 Å². The van der Waals surface area contributed by atoms with Crippen molar-refractivity contribution >= 4 is 11.8 Å². The summed E-state index contributed by atoms with van der Waals surface area (Å²) in [6.07, 6.45) is 1.02. The van der Waals surface area contributed by atoms with Gasteiger partial charge in [-0.05, 0) is 38.5 Å². The lowest BCUT2D eigenvalue weighted by Crippen LogP contribution is -2.50. The number of aromatic nitrogens is 2. The second-order valence-corrected chi connectivity index (χ2v) is 7.98. The maximum atomic E-state index is 14.7. The third kappa shape index (κ3) is 5.24. The predicted octanol–water partition coefficient (Wildman–Crippen LogP) is 1.78. The summed E-state index contributed by atoms with van der Waals surface area (Å²) >= 11 is 0. The Morgan fingerprint density at radius 1 is 1.14 bits per heavy atom. The minimum absolute atomic E-state index is 0.152. The normalized spacial score (nSPS) is 14.8. The minimum Gasteiger partial charge on any atom is -0.444 e. The van der Waals surface area contributed by atoms with Crippen LogP contribution >= 0.6 is 0 Å². The van der Waals surface area contributed by atoms with Crippen LogP contribution in [0.5, 0.6) is 0 Å². The summed E-state index contributed by atoms with van der Waals surface area (Å²) in [5.74, 6) is -0.398. The molecule has 1 aliphatic rings. The molecule has 0 radical (unpaired) electrons. The highest BCUT2D eigenvalue weighted by Crippen LogP contribution is 2.23. The average molecular weight is 404 g/mol. The van der Waals surface area contributed by atoms with Crippen molar-refractivity contribution in [3.8, 4) is 0 Å². The second kappa shape index (κ2) is 8.10. The van der Waals surface area contributed by atoms with Gasteiger partial charge in [0.15, 0.2) is 0 Å². The lowest BCUT2D eigenvalue weighted by Gasteiger charge is -2.36. The number of nitrogens with zero attached hydrogens (tertiary/aromatic N) is 3. The maximum absolute atomic E-state index is 14.7. The van der Waals surface area contributed by atoms with E-state index in [4.69, 9.17) is 4.74 Å². The molecule has 1 aromatic carbocycles. The van der Waals surface area contributed by atoms with Gasteiger partial charge in [0, 0.05) is 38.4 Å². The number of halogens is 1. The molecule has 2 heterocycles. The fourth-order valence-corrected chi connectivity index (χ4v) is 3.13. The molecule has 0 unspecified atom stereocenters. The number of anilines is 1. The number of carbonyl (C=O) groups is 1. The highest BCUT2D eigenvalue weighted by atomic mass is 19.1. The molecule has 156 valence electrons. The Bertz CT molecular complexity index is 1000. The molecule has 0 atom stereocenters. The van der Waals surface area contributed by atoms with E-state index in [0.29, 0.717) is 37.4 Å². The number of nitrogens with one attached hydrogen (secondary N) is 1. The van der Waals surface area contributed by atoms with E-state index < -0.39 is 22.7 Å². The van der Waals surface area contributed by atoms with Crippen LogP contribution in [0.4, 0.5) is 14.9 Å². The molecule has 1 aromatic heterocycles. The van der Waals surface area contributed by atoms with Crippen molar-refractivity contribution in [1.29, 1.82) is 0 Å². The number of ether oxygens (including phenoxy) is 1. The molecule has 0 spiro atoms. The molecule has 1 saturated heterocycles. The van der Waals surface area contributed by atoms with Crippen molar-refractivity contribution in [3.05, 3.63) is 62.7 Å². The number of piperazine rings is 1. The van der Waals surface area contributed by atoms with Crippen molar-refractivity contribution in [2.24, 2.45) is 0 Å². The number of rotatable bonds is 3. The molecule has 0 saturated carbocycles. The van der Waals surface area contributed by atoms with Gasteiger partial charge in [-0.1, -0.05) is 6.07 Å². The van der Waals surface area contributed by atoms with Crippen LogP contribution in [0.15, 0.2) is 40.1 Å². The molecule has 1 aliphatic heterocycles. The molecule has 0 aliphatic carbocycles. The van der Waals surface area contributed by atoms with Crippen molar-refractivity contribution in [2.75, 3.05) is 31.1 Å². The number of hydrogen-bond acceptors (Lipinski definition) is 5. The lowest BCUT2D eigenvalue weighted by atomic mass is 10.1. The summed E-state index contributed by atoms with van der Waals surface area (Å²) in [6, 6.07) is 6.05. The monoisotopic (exact) mass is 404 g/mol. The number of aromatic amines is 1. The SMILES string of the molecule is CC(C)(C)OC(=O)N1CCN(c2ccc(Cn3ccc(=O)[nH]c3=O)cc2F)CC1. The van der Waals surface area contributed by atoms with E-state index >= 15 is 0 Å². The van der Waals surface area contributed by atoms with E-state index in [1.807, 2.05) is 25.7 Å². The number of carbonyl (C=O) groups excluding carboxylic acids is 1. The van der Waals surface area contributed by atoms with Crippen molar-refractivity contribution in [2.45, 2.75) is 32.9 Å². The van der Waals surface area contributed by atoms with Crippen LogP contribution in [-0.4, -0.2) is 52.3 Å². The smallest absolute Gasteiger partial charge is 0.410 e. The minimum atomic E-state index is -0.552. The first-order valence-corrected chi connectivity index (χ1v) is 9.43. The molecule has 0 bridgehead atoms. The number of amides is 1. The van der Waals surface area contributed by atoms with Gasteiger partial charge >= 0.3 is 11.8 Å². The third-order valence-electron chi connectivity index (χ3n) is 4.53. The summed E-state index contributed by atoms with van der Waals surface area (Å²) in [6.45, 7) is 7.49. The summed E-state index contributed by atoms with van der Waals surface area (Å²) in [7, 11) is 0. The van der Waals surface area contributed by atoms with Crippen molar-refractivity contribution in [3.63, 3.8) is 0 Å². The van der Waals surface area contributed by atoms with Gasteiger partial charge in [-0.3, -0.25) is 14.3 Å². The third-order valence-corrected chi connectivity index (χ3v) is 4.53. The molecule has 2 aromatic rings. The maximum Gasteiger partial charge on any atom is 0.410 e. The molecule has 8 nitrogen and oxygen atoms in total. The number of H-pyrrole nitrogens is 1. The van der Waals surface area contributed by atoms with Gasteiger partial charge in [-0.25, -0.2) is 14.0 Å². The Labute approximate surface area is 167 Å². The standard InChI is InChI=1S/C20H25FN4O4/c1-20(2,3)29-19(28)24-10-8-23(9-11-24)16-5-4-14(12-15(16)21)13-25-7-6-17(26)22-18(25)27/h4-7,12H,8-11,13H2,1-3H3,(H,22,26,27). The first-order chi connectivity index (χ1) is 13.6. The van der Waals surface area contributed by atoms with E-state index in [-0.39, 0.29) is 12.6 Å². The molecular formula is C20H25FN4O4. The summed E-state index contributed by atoms with van der Waals surface area (Å²) < 4.78 is 21.4. The van der Waals surface area contributed by atoms with Crippen molar-refractivity contribution < 1.29 is 13.9 Å². The second-order valence-electron chi connectivity index (χ2n) is 7.98. The van der Waals surface area contributed by atoms with Crippen LogP contribution in [0, 0.1) is 5.82 Å². The Morgan fingerprint density at radius 2 is 1.83 bits per heavy atom. The van der Waals surface area contributed by atoms with Gasteiger partial charge < -0.3 is 14.5 Å². The lowest BCUT2D eigenvalue weighted by molar-refractivity contribution is 0.0240. The van der Waals surface area contributed by atoms with Crippen LogP contribution in [0.2, 0.25) is 0 Å². The zero-order valence-corrected chi connectivity index (χ0v) is 16.8. The molecule has 3 rings (SSSR count). The Morgan fingerprint density at radius 3 is 2.41 bits per heavy atom. The quantitative estimate of drug-likeness (QED) is 0.843. The van der Waals surface area contributed by atoms with Crippen LogP contribution in [0.25, 0.3) is 0 Å². The number of benzene rings is 1. The van der Waals surface area contributed by atoms with E-state index in [1.165, 1.54) is 22.9 Å². The number of hydrogen-bond donors (Lipinski definition) is 1. The Kier molecular flexibility index (Phi) is 5.76. The summed E-state index contributed by atoms with van der Waals surface area (Å²) in [5.41, 5.74) is -0.512. The zero-order chi connectivity index (χ0) is 21.2. The van der Waals surface area contributed by atoms with Gasteiger partial charge in [0.25, 0.3) is 5.56 Å². The highest BCUT2D eigenvalue weighted by molar-refractivity contribution is 5.68. The van der Waals surface area contributed by atoms with E-state index in [0.717, 1.165) is 0 Å². The summed E-state index contributed by atoms with van der Waals surface area (Å²) in [4.78, 5) is 40.7. The average Bonchev–Trinajstić information content (AvgIpc) is 2.63. The Balaban J connectivity index is 1.65. The van der Waals surface area contributed by atoms with Crippen LogP contribution < -0.4 is 16.1 Å². The molecule has 9 heteroatoms. The van der Waals surface area contributed by atoms with Gasteiger partial charge in [-0.15, -0.1) is 0 Å². The van der Waals surface area contributed by atoms with Gasteiger partial charge in [-0.2, -0.15) is 0 Å². The largest absolute Gasteiger partial charge is 0.444 e. The first-order valence-electron chi connectivity index (χ1n) is 9.43. The van der Waals surface area contributed by atoms with Crippen LogP contribution in [-0.2, 0) is 11.3 Å². The molecule has 29 heavy (non-hydrogen) atoms. The Hall–Kier alpha value is -3.10. The van der Waals surface area contributed by atoms with Gasteiger partial charge in [0.05, 0.1) is 12.2 Å². The molecule has 1 fully saturated rings. The fraction of sp³-hybridized carbons (Fsp3) is 0.450. The highest BCUT2D eigenvalue weighted by Gasteiger charge is 2.26. The summed E-state index contributed by atoms with van der Waals surface area (Å²) in [5, 5.41) is 0. The molecular weight excluding hydrogens is 379 g/mol. The zero-order valence-electron chi connectivity index (χ0n) is 16.8. The molecule has 1 N–H and O–H groups in total. The topological polar surface area (TPSA) is 87.6 Å². The van der Waals surface area contributed by atoms with Crippen LogP contribution in [0.3, 0.4) is 0 Å². The van der Waals surface area contributed by atoms with E-state index in [9.17, 15) is 18.8 Å². The van der Waals surface area contributed by atoms with E-state index in [2.05, 4.69) is 4.98 Å². The van der Waals surface area contributed by atoms with Crippen molar-refractivity contribution in [1.82, 2.24) is 14.5 Å².